The first-order valence-corrected chi connectivity index (χ1v) is 7.10. The lowest BCUT2D eigenvalue weighted by molar-refractivity contribution is 0.341. The molecule has 1 saturated carbocycles. The minimum absolute atomic E-state index is 0.795. The Morgan fingerprint density at radius 2 is 1.73 bits per heavy atom. The van der Waals surface area contributed by atoms with Crippen LogP contribution in [0.5, 0.6) is 0 Å². The Morgan fingerprint density at radius 1 is 1.07 bits per heavy atom. The molecule has 0 heterocycles. The van der Waals surface area contributed by atoms with Gasteiger partial charge >= 0.3 is 0 Å². The van der Waals surface area contributed by atoms with Crippen molar-refractivity contribution in [2.24, 2.45) is 5.92 Å². The largest absolute Gasteiger partial charge is 0.314 e. The molecule has 0 saturated heterocycles. The lowest BCUT2D eigenvalue weighted by Crippen LogP contribution is -2.30. The van der Waals surface area contributed by atoms with Gasteiger partial charge in [-0.25, -0.2) is 0 Å². The molecule has 1 fully saturated rings. The molecule has 0 aromatic heterocycles. The van der Waals surface area contributed by atoms with E-state index in [-0.39, 0.29) is 0 Å². The van der Waals surface area contributed by atoms with E-state index in [1.165, 1.54) is 57.8 Å². The molecule has 0 bridgehead atoms. The Balaban J connectivity index is 2.27. The minimum atomic E-state index is 0.795. The van der Waals surface area contributed by atoms with Gasteiger partial charge in [0.05, 0.1) is 0 Å². The summed E-state index contributed by atoms with van der Waals surface area (Å²) in [6.45, 7) is 5.67. The third-order valence-corrected chi connectivity index (χ3v) is 3.72. The summed E-state index contributed by atoms with van der Waals surface area (Å²) < 4.78 is 0. The van der Waals surface area contributed by atoms with Crippen molar-refractivity contribution in [1.29, 1.82) is 0 Å². The summed E-state index contributed by atoms with van der Waals surface area (Å²) in [7, 11) is 0. The summed E-state index contributed by atoms with van der Waals surface area (Å²) in [6.07, 6.45) is 13.0. The van der Waals surface area contributed by atoms with Crippen LogP contribution in [-0.4, -0.2) is 12.6 Å². The van der Waals surface area contributed by atoms with E-state index in [4.69, 9.17) is 0 Å². The number of hydrogen-bond acceptors (Lipinski definition) is 1. The van der Waals surface area contributed by atoms with Crippen molar-refractivity contribution in [2.75, 3.05) is 6.54 Å². The topological polar surface area (TPSA) is 12.0 Å². The maximum absolute atomic E-state index is 3.65. The van der Waals surface area contributed by atoms with Crippen LogP contribution < -0.4 is 5.32 Å². The van der Waals surface area contributed by atoms with Gasteiger partial charge < -0.3 is 5.32 Å². The molecule has 1 aliphatic rings. The van der Waals surface area contributed by atoms with Gasteiger partial charge in [0.1, 0.15) is 0 Å². The Kier molecular flexibility index (Phi) is 7.08. The zero-order chi connectivity index (χ0) is 10.9. The van der Waals surface area contributed by atoms with Crippen LogP contribution in [0, 0.1) is 5.92 Å². The molecule has 0 spiro atoms. The maximum atomic E-state index is 3.65. The second-order valence-electron chi connectivity index (χ2n) is 5.14. The first-order chi connectivity index (χ1) is 7.36. The highest BCUT2D eigenvalue weighted by molar-refractivity contribution is 4.73. The van der Waals surface area contributed by atoms with Crippen LogP contribution in [0.1, 0.15) is 71.6 Å². The molecule has 1 nitrogen and oxygen atoms in total. The summed E-state index contributed by atoms with van der Waals surface area (Å²) in [5.41, 5.74) is 0. The number of hydrogen-bond donors (Lipinski definition) is 1. The first-order valence-electron chi connectivity index (χ1n) is 7.10. The zero-order valence-electron chi connectivity index (χ0n) is 10.7. The van der Waals surface area contributed by atoms with E-state index in [1.54, 1.807) is 0 Å². The van der Waals surface area contributed by atoms with Gasteiger partial charge in [-0.1, -0.05) is 58.8 Å². The summed E-state index contributed by atoms with van der Waals surface area (Å²) in [6, 6.07) is 0.795. The average molecular weight is 211 g/mol. The van der Waals surface area contributed by atoms with Crippen molar-refractivity contribution in [1.82, 2.24) is 5.32 Å². The predicted octanol–water partition coefficient (Wildman–Crippen LogP) is 4.13. The number of rotatable bonds is 6. The monoisotopic (exact) mass is 211 g/mol. The van der Waals surface area contributed by atoms with Crippen molar-refractivity contribution in [3.8, 4) is 0 Å². The molecule has 1 heteroatoms. The lowest BCUT2D eigenvalue weighted by Gasteiger charge is -2.23. The Labute approximate surface area is 96.0 Å². The predicted molar refractivity (Wildman–Crippen MR) is 68.2 cm³/mol. The molecule has 1 aliphatic carbocycles. The molecule has 15 heavy (non-hydrogen) atoms. The smallest absolute Gasteiger partial charge is 0.00694 e. The van der Waals surface area contributed by atoms with Crippen LogP contribution in [0.3, 0.4) is 0 Å². The molecule has 0 amide bonds. The molecule has 1 rings (SSSR count). The Bertz CT molecular complexity index is 130. The SMILES string of the molecule is CCCC(CC1CCCCCC1)NCC. The fraction of sp³-hybridized carbons (Fsp3) is 1.00. The van der Waals surface area contributed by atoms with Gasteiger partial charge in [0.25, 0.3) is 0 Å². The van der Waals surface area contributed by atoms with E-state index < -0.39 is 0 Å². The molecule has 0 aromatic rings. The van der Waals surface area contributed by atoms with Gasteiger partial charge in [0.15, 0.2) is 0 Å². The fourth-order valence-corrected chi connectivity index (χ4v) is 2.94. The lowest BCUT2D eigenvalue weighted by atomic mass is 9.91. The van der Waals surface area contributed by atoms with Crippen LogP contribution in [0.25, 0.3) is 0 Å². The van der Waals surface area contributed by atoms with Gasteiger partial charge in [0.2, 0.25) is 0 Å². The maximum Gasteiger partial charge on any atom is 0.00694 e. The van der Waals surface area contributed by atoms with E-state index in [2.05, 4.69) is 19.2 Å². The zero-order valence-corrected chi connectivity index (χ0v) is 10.7. The van der Waals surface area contributed by atoms with E-state index in [1.807, 2.05) is 0 Å². The molecule has 1 N–H and O–H groups in total. The third kappa shape index (κ3) is 5.55. The highest BCUT2D eigenvalue weighted by Crippen LogP contribution is 2.27. The summed E-state index contributed by atoms with van der Waals surface area (Å²) in [5.74, 6) is 1.02. The summed E-state index contributed by atoms with van der Waals surface area (Å²) in [4.78, 5) is 0. The van der Waals surface area contributed by atoms with Gasteiger partial charge in [0, 0.05) is 6.04 Å². The highest BCUT2D eigenvalue weighted by atomic mass is 14.9. The van der Waals surface area contributed by atoms with Crippen molar-refractivity contribution < 1.29 is 0 Å². The molecular weight excluding hydrogens is 182 g/mol. The van der Waals surface area contributed by atoms with E-state index in [0.717, 1.165) is 18.5 Å². The minimum Gasteiger partial charge on any atom is -0.314 e. The van der Waals surface area contributed by atoms with E-state index >= 15 is 0 Å². The van der Waals surface area contributed by atoms with Crippen LogP contribution in [0.4, 0.5) is 0 Å². The van der Waals surface area contributed by atoms with Crippen LogP contribution in [0.2, 0.25) is 0 Å². The molecule has 1 unspecified atom stereocenters. The molecule has 0 aromatic carbocycles. The Morgan fingerprint density at radius 3 is 2.27 bits per heavy atom. The second kappa shape index (κ2) is 8.15. The molecule has 0 aliphatic heterocycles. The van der Waals surface area contributed by atoms with Crippen LogP contribution in [-0.2, 0) is 0 Å². The molecule has 0 radical (unpaired) electrons. The summed E-state index contributed by atoms with van der Waals surface area (Å²) >= 11 is 0. The van der Waals surface area contributed by atoms with E-state index in [0.29, 0.717) is 0 Å². The highest BCUT2D eigenvalue weighted by Gasteiger charge is 2.16. The van der Waals surface area contributed by atoms with E-state index in [9.17, 15) is 0 Å². The molecule has 1 atom stereocenters. The average Bonchev–Trinajstić information content (AvgIpc) is 2.47. The molecular formula is C14H29N. The van der Waals surface area contributed by atoms with Crippen molar-refractivity contribution >= 4 is 0 Å². The quantitative estimate of drug-likeness (QED) is 0.652. The first kappa shape index (κ1) is 13.0. The van der Waals surface area contributed by atoms with Gasteiger partial charge in [-0.15, -0.1) is 0 Å². The Hall–Kier alpha value is -0.0400. The van der Waals surface area contributed by atoms with Gasteiger partial charge in [-0.2, -0.15) is 0 Å². The standard InChI is InChI=1S/C14H29N/c1-3-9-14(15-4-2)12-13-10-7-5-6-8-11-13/h13-15H,3-12H2,1-2H3. The fourth-order valence-electron chi connectivity index (χ4n) is 2.94. The van der Waals surface area contributed by atoms with Crippen molar-refractivity contribution in [3.63, 3.8) is 0 Å². The van der Waals surface area contributed by atoms with Crippen LogP contribution in [0.15, 0.2) is 0 Å². The van der Waals surface area contributed by atoms with Gasteiger partial charge in [-0.05, 0) is 25.3 Å². The van der Waals surface area contributed by atoms with Crippen molar-refractivity contribution in [2.45, 2.75) is 77.7 Å². The van der Waals surface area contributed by atoms with Crippen molar-refractivity contribution in [3.05, 3.63) is 0 Å². The van der Waals surface area contributed by atoms with Crippen LogP contribution >= 0.6 is 0 Å². The van der Waals surface area contributed by atoms with Gasteiger partial charge in [-0.3, -0.25) is 0 Å². The molecule has 90 valence electrons. The number of nitrogens with one attached hydrogen (secondary N) is 1. The normalized spacial score (nSPS) is 21.2. The third-order valence-electron chi connectivity index (χ3n) is 3.72. The second-order valence-corrected chi connectivity index (χ2v) is 5.14. The summed E-state index contributed by atoms with van der Waals surface area (Å²) in [5, 5.41) is 3.65.